The molecule has 0 aromatic carbocycles. The molecular formula is C12H21N3O. The first-order valence-electron chi connectivity index (χ1n) is 5.87. The number of aromatic nitrogens is 2. The van der Waals surface area contributed by atoms with Crippen LogP contribution in [0.5, 0.6) is 0 Å². The van der Waals surface area contributed by atoms with Crippen LogP contribution in [0.2, 0.25) is 0 Å². The van der Waals surface area contributed by atoms with E-state index in [0.29, 0.717) is 12.6 Å². The van der Waals surface area contributed by atoms with Crippen LogP contribution < -0.4 is 0 Å². The van der Waals surface area contributed by atoms with Gasteiger partial charge in [0.1, 0.15) is 0 Å². The largest absolute Gasteiger partial charge is 0.389 e. The molecule has 0 spiro atoms. The van der Waals surface area contributed by atoms with Gasteiger partial charge >= 0.3 is 0 Å². The first-order chi connectivity index (χ1) is 7.35. The number of rotatable bonds is 3. The van der Waals surface area contributed by atoms with Crippen LogP contribution in [0.1, 0.15) is 39.0 Å². The minimum atomic E-state index is -0.697. The summed E-state index contributed by atoms with van der Waals surface area (Å²) in [5, 5.41) is 14.3. The standard InChI is InChI=1S/C12H21N3O/c1-9(2)14-5-10-6-15(8-12(3,4)16)13-11(10)7-14/h6,9,16H,5,7-8H2,1-4H3. The van der Waals surface area contributed by atoms with Gasteiger partial charge in [0, 0.05) is 30.9 Å². The van der Waals surface area contributed by atoms with Gasteiger partial charge in [0.25, 0.3) is 0 Å². The first-order valence-corrected chi connectivity index (χ1v) is 5.87. The van der Waals surface area contributed by atoms with Crippen LogP contribution in [0.3, 0.4) is 0 Å². The number of hydrogen-bond acceptors (Lipinski definition) is 3. The van der Waals surface area contributed by atoms with Crippen molar-refractivity contribution in [1.29, 1.82) is 0 Å². The van der Waals surface area contributed by atoms with Crippen LogP contribution in [0, 0.1) is 0 Å². The molecular weight excluding hydrogens is 202 g/mol. The molecule has 0 amide bonds. The zero-order chi connectivity index (χ0) is 11.9. The Balaban J connectivity index is 2.07. The van der Waals surface area contributed by atoms with E-state index < -0.39 is 5.60 Å². The lowest BCUT2D eigenvalue weighted by Gasteiger charge is -2.20. The summed E-state index contributed by atoms with van der Waals surface area (Å²) in [4.78, 5) is 2.39. The Morgan fingerprint density at radius 3 is 2.62 bits per heavy atom. The summed E-state index contributed by atoms with van der Waals surface area (Å²) in [5.74, 6) is 0. The second kappa shape index (κ2) is 3.86. The minimum Gasteiger partial charge on any atom is -0.389 e. The molecule has 0 saturated heterocycles. The zero-order valence-corrected chi connectivity index (χ0v) is 10.6. The molecule has 0 radical (unpaired) electrons. The molecule has 1 N–H and O–H groups in total. The van der Waals surface area contributed by atoms with Gasteiger partial charge in [0.2, 0.25) is 0 Å². The van der Waals surface area contributed by atoms with Crippen molar-refractivity contribution in [2.45, 2.75) is 59.0 Å². The summed E-state index contributed by atoms with van der Waals surface area (Å²) in [6, 6.07) is 0.567. The molecule has 16 heavy (non-hydrogen) atoms. The van der Waals surface area contributed by atoms with Gasteiger partial charge in [-0.05, 0) is 27.7 Å². The quantitative estimate of drug-likeness (QED) is 0.841. The molecule has 4 heteroatoms. The Morgan fingerprint density at radius 1 is 1.44 bits per heavy atom. The summed E-state index contributed by atoms with van der Waals surface area (Å²) in [6.07, 6.45) is 2.07. The van der Waals surface area contributed by atoms with Gasteiger partial charge in [-0.15, -0.1) is 0 Å². The van der Waals surface area contributed by atoms with Gasteiger partial charge in [0.05, 0.1) is 17.8 Å². The smallest absolute Gasteiger partial charge is 0.0810 e. The van der Waals surface area contributed by atoms with Crippen molar-refractivity contribution >= 4 is 0 Å². The second-order valence-electron chi connectivity index (χ2n) is 5.61. The predicted molar refractivity (Wildman–Crippen MR) is 62.9 cm³/mol. The fourth-order valence-electron chi connectivity index (χ4n) is 2.08. The summed E-state index contributed by atoms with van der Waals surface area (Å²) in [6.45, 7) is 10.5. The Hall–Kier alpha value is -0.870. The molecule has 1 aliphatic heterocycles. The topological polar surface area (TPSA) is 41.3 Å². The third-order valence-electron chi connectivity index (χ3n) is 2.93. The highest BCUT2D eigenvalue weighted by atomic mass is 16.3. The molecule has 1 aromatic heterocycles. The maximum absolute atomic E-state index is 9.73. The molecule has 2 rings (SSSR count). The number of hydrogen-bond donors (Lipinski definition) is 1. The van der Waals surface area contributed by atoms with E-state index in [-0.39, 0.29) is 0 Å². The van der Waals surface area contributed by atoms with E-state index in [4.69, 9.17) is 0 Å². The van der Waals surface area contributed by atoms with Gasteiger partial charge in [-0.2, -0.15) is 5.10 Å². The van der Waals surface area contributed by atoms with Crippen molar-refractivity contribution in [1.82, 2.24) is 14.7 Å². The Kier molecular flexibility index (Phi) is 2.80. The highest BCUT2D eigenvalue weighted by Crippen LogP contribution is 2.23. The van der Waals surface area contributed by atoms with Gasteiger partial charge in [0.15, 0.2) is 0 Å². The Morgan fingerprint density at radius 2 is 2.12 bits per heavy atom. The lowest BCUT2D eigenvalue weighted by Crippen LogP contribution is -2.28. The average molecular weight is 223 g/mol. The van der Waals surface area contributed by atoms with Crippen LogP contribution in [-0.2, 0) is 19.6 Å². The molecule has 0 atom stereocenters. The fraction of sp³-hybridized carbons (Fsp3) is 0.750. The van der Waals surface area contributed by atoms with Crippen molar-refractivity contribution < 1.29 is 5.11 Å². The van der Waals surface area contributed by atoms with E-state index in [2.05, 4.69) is 30.0 Å². The molecule has 1 aliphatic rings. The van der Waals surface area contributed by atoms with E-state index in [1.54, 1.807) is 13.8 Å². The molecule has 2 heterocycles. The van der Waals surface area contributed by atoms with Crippen LogP contribution in [0.4, 0.5) is 0 Å². The Bertz CT molecular complexity index is 353. The molecule has 0 bridgehead atoms. The SMILES string of the molecule is CC(C)N1Cc2cn(CC(C)(C)O)nc2C1. The van der Waals surface area contributed by atoms with Crippen molar-refractivity contribution in [3.05, 3.63) is 17.5 Å². The van der Waals surface area contributed by atoms with Crippen molar-refractivity contribution in [3.8, 4) is 0 Å². The van der Waals surface area contributed by atoms with E-state index >= 15 is 0 Å². The maximum Gasteiger partial charge on any atom is 0.0810 e. The number of fused-ring (bicyclic) bond motifs is 1. The zero-order valence-electron chi connectivity index (χ0n) is 10.6. The van der Waals surface area contributed by atoms with E-state index in [0.717, 1.165) is 18.8 Å². The van der Waals surface area contributed by atoms with Crippen molar-refractivity contribution in [2.24, 2.45) is 0 Å². The van der Waals surface area contributed by atoms with Crippen LogP contribution in [0.25, 0.3) is 0 Å². The van der Waals surface area contributed by atoms with Gasteiger partial charge < -0.3 is 5.11 Å². The van der Waals surface area contributed by atoms with Crippen LogP contribution >= 0.6 is 0 Å². The summed E-state index contributed by atoms with van der Waals surface area (Å²) < 4.78 is 1.86. The summed E-state index contributed by atoms with van der Waals surface area (Å²) in [7, 11) is 0. The van der Waals surface area contributed by atoms with Crippen LogP contribution in [-0.4, -0.2) is 31.4 Å². The van der Waals surface area contributed by atoms with Gasteiger partial charge in [-0.1, -0.05) is 0 Å². The third-order valence-corrected chi connectivity index (χ3v) is 2.93. The van der Waals surface area contributed by atoms with Crippen molar-refractivity contribution in [2.75, 3.05) is 0 Å². The highest BCUT2D eigenvalue weighted by molar-refractivity contribution is 5.21. The number of aliphatic hydroxyl groups is 1. The normalized spacial score (nSPS) is 17.1. The lowest BCUT2D eigenvalue weighted by atomic mass is 10.1. The second-order valence-corrected chi connectivity index (χ2v) is 5.61. The van der Waals surface area contributed by atoms with Crippen LogP contribution in [0.15, 0.2) is 6.20 Å². The highest BCUT2D eigenvalue weighted by Gasteiger charge is 2.25. The molecule has 1 aromatic rings. The van der Waals surface area contributed by atoms with Gasteiger partial charge in [-0.25, -0.2) is 0 Å². The van der Waals surface area contributed by atoms with Gasteiger partial charge in [-0.3, -0.25) is 9.58 Å². The van der Waals surface area contributed by atoms with E-state index in [1.165, 1.54) is 5.56 Å². The monoisotopic (exact) mass is 223 g/mol. The molecule has 0 aliphatic carbocycles. The molecule has 4 nitrogen and oxygen atoms in total. The number of nitrogens with zero attached hydrogens (tertiary/aromatic N) is 3. The molecule has 90 valence electrons. The fourth-order valence-corrected chi connectivity index (χ4v) is 2.08. The third kappa shape index (κ3) is 2.44. The minimum absolute atomic E-state index is 0.557. The summed E-state index contributed by atoms with van der Waals surface area (Å²) in [5.41, 5.74) is 1.77. The van der Waals surface area contributed by atoms with E-state index in [9.17, 15) is 5.11 Å². The lowest BCUT2D eigenvalue weighted by molar-refractivity contribution is 0.0573. The first kappa shape index (κ1) is 11.6. The van der Waals surface area contributed by atoms with E-state index in [1.807, 2.05) is 4.68 Å². The van der Waals surface area contributed by atoms with Crippen molar-refractivity contribution in [3.63, 3.8) is 0 Å². The maximum atomic E-state index is 9.73. The average Bonchev–Trinajstić information content (AvgIpc) is 2.56. The summed E-state index contributed by atoms with van der Waals surface area (Å²) >= 11 is 0. The molecule has 0 unspecified atom stereocenters. The Labute approximate surface area is 96.9 Å². The molecule has 0 fully saturated rings. The molecule has 0 saturated carbocycles. The predicted octanol–water partition coefficient (Wildman–Crippen LogP) is 1.38.